The van der Waals surface area contributed by atoms with Gasteiger partial charge in [-0.1, -0.05) is 11.6 Å². The van der Waals surface area contributed by atoms with Gasteiger partial charge in [-0.25, -0.2) is 9.37 Å². The third-order valence-corrected chi connectivity index (χ3v) is 2.29. The third kappa shape index (κ3) is 1.82. The van der Waals surface area contributed by atoms with Crippen LogP contribution in [-0.2, 0) is 6.18 Å². The van der Waals surface area contributed by atoms with E-state index in [1.54, 1.807) is 0 Å². The van der Waals surface area contributed by atoms with E-state index in [-0.39, 0.29) is 16.1 Å². The van der Waals surface area contributed by atoms with E-state index in [1.165, 1.54) is 12.1 Å². The molecule has 0 bridgehead atoms. The maximum atomic E-state index is 13.5. The van der Waals surface area contributed by atoms with Crippen molar-refractivity contribution in [2.24, 2.45) is 0 Å². The summed E-state index contributed by atoms with van der Waals surface area (Å²) in [6.07, 6.45) is -4.71. The Morgan fingerprint density at radius 2 is 1.75 bits per heavy atom. The lowest BCUT2D eigenvalue weighted by molar-refractivity contribution is -0.139. The summed E-state index contributed by atoms with van der Waals surface area (Å²) in [5.41, 5.74) is -1.21. The Hall–Kier alpha value is -1.36. The van der Waals surface area contributed by atoms with Crippen molar-refractivity contribution in [1.29, 1.82) is 0 Å². The molecule has 84 valence electrons. The first kappa shape index (κ1) is 11.1. The van der Waals surface area contributed by atoms with Gasteiger partial charge in [0.05, 0.1) is 11.1 Å². The van der Waals surface area contributed by atoms with Crippen LogP contribution >= 0.6 is 11.6 Å². The van der Waals surface area contributed by atoms with Crippen molar-refractivity contribution in [2.75, 3.05) is 0 Å². The molecule has 0 saturated carbocycles. The number of pyridine rings is 1. The zero-order valence-electron chi connectivity index (χ0n) is 7.65. The van der Waals surface area contributed by atoms with E-state index >= 15 is 0 Å². The lowest BCUT2D eigenvalue weighted by Crippen LogP contribution is -2.08. The minimum atomic E-state index is -4.71. The van der Waals surface area contributed by atoms with Crippen molar-refractivity contribution in [3.63, 3.8) is 0 Å². The molecule has 1 nitrogen and oxygen atoms in total. The Bertz CT molecular complexity index is 550. The molecule has 0 aliphatic carbocycles. The highest BCUT2D eigenvalue weighted by Crippen LogP contribution is 2.34. The molecule has 0 N–H and O–H groups in total. The molecule has 0 saturated heterocycles. The molecule has 0 radical (unpaired) electrons. The lowest BCUT2D eigenvalue weighted by atomic mass is 10.1. The number of alkyl halides is 3. The topological polar surface area (TPSA) is 12.9 Å². The van der Waals surface area contributed by atoms with E-state index in [9.17, 15) is 17.6 Å². The van der Waals surface area contributed by atoms with Gasteiger partial charge in [0.1, 0.15) is 11.0 Å². The summed E-state index contributed by atoms with van der Waals surface area (Å²) in [7, 11) is 0. The smallest absolute Gasteiger partial charge is 0.236 e. The summed E-state index contributed by atoms with van der Waals surface area (Å²) < 4.78 is 50.6. The summed E-state index contributed by atoms with van der Waals surface area (Å²) in [6, 6.07) is 4.16. The van der Waals surface area contributed by atoms with Crippen LogP contribution in [0.25, 0.3) is 10.9 Å². The lowest BCUT2D eigenvalue weighted by Gasteiger charge is -2.09. The van der Waals surface area contributed by atoms with Crippen LogP contribution < -0.4 is 0 Å². The first-order chi connectivity index (χ1) is 7.39. The van der Waals surface area contributed by atoms with Gasteiger partial charge in [-0.2, -0.15) is 13.2 Å². The van der Waals surface area contributed by atoms with E-state index in [2.05, 4.69) is 4.98 Å². The van der Waals surface area contributed by atoms with Crippen LogP contribution in [0.1, 0.15) is 5.56 Å². The fraction of sp³-hybridized carbons (Fsp3) is 0.100. The molecule has 1 aromatic carbocycles. The number of benzene rings is 1. The Morgan fingerprint density at radius 1 is 1.06 bits per heavy atom. The maximum Gasteiger partial charge on any atom is 0.419 e. The molecule has 0 amide bonds. The van der Waals surface area contributed by atoms with Gasteiger partial charge in [0.2, 0.25) is 0 Å². The van der Waals surface area contributed by atoms with Gasteiger partial charge in [0.25, 0.3) is 0 Å². The molecule has 0 unspecified atom stereocenters. The van der Waals surface area contributed by atoms with E-state index in [0.29, 0.717) is 6.07 Å². The number of halogens is 5. The second kappa shape index (κ2) is 3.59. The van der Waals surface area contributed by atoms with Crippen molar-refractivity contribution >= 4 is 22.5 Å². The van der Waals surface area contributed by atoms with Crippen LogP contribution in [0.3, 0.4) is 0 Å². The number of hydrogen-bond acceptors (Lipinski definition) is 1. The fourth-order valence-electron chi connectivity index (χ4n) is 1.36. The summed E-state index contributed by atoms with van der Waals surface area (Å²) in [5, 5.41) is -0.0918. The van der Waals surface area contributed by atoms with Crippen molar-refractivity contribution in [3.05, 3.63) is 40.8 Å². The molecular weight excluding hydrogens is 246 g/mol. The van der Waals surface area contributed by atoms with Gasteiger partial charge in [-0.3, -0.25) is 0 Å². The number of aromatic nitrogens is 1. The molecule has 1 aromatic heterocycles. The summed E-state index contributed by atoms with van der Waals surface area (Å²) in [5.74, 6) is -1.32. The van der Waals surface area contributed by atoms with Crippen LogP contribution in [0.5, 0.6) is 0 Å². The van der Waals surface area contributed by atoms with E-state index in [0.717, 1.165) is 6.07 Å². The van der Waals surface area contributed by atoms with Gasteiger partial charge in [0.15, 0.2) is 0 Å². The van der Waals surface area contributed by atoms with Crippen LogP contribution in [0.4, 0.5) is 17.6 Å². The third-order valence-electron chi connectivity index (χ3n) is 2.08. The average Bonchev–Trinajstić information content (AvgIpc) is 2.15. The zero-order valence-corrected chi connectivity index (χ0v) is 8.40. The molecule has 16 heavy (non-hydrogen) atoms. The van der Waals surface area contributed by atoms with Gasteiger partial charge in [-0.15, -0.1) is 0 Å². The van der Waals surface area contributed by atoms with E-state index < -0.39 is 17.6 Å². The molecule has 6 heteroatoms. The quantitative estimate of drug-likeness (QED) is 0.507. The highest BCUT2D eigenvalue weighted by Gasteiger charge is 2.34. The number of hydrogen-bond donors (Lipinski definition) is 0. The molecular formula is C10H4ClF4N. The van der Waals surface area contributed by atoms with Crippen molar-refractivity contribution in [3.8, 4) is 0 Å². The first-order valence-electron chi connectivity index (χ1n) is 4.21. The molecule has 2 rings (SSSR count). The second-order valence-corrected chi connectivity index (χ2v) is 3.51. The summed E-state index contributed by atoms with van der Waals surface area (Å²) in [4.78, 5) is 3.72. The minimum Gasteiger partial charge on any atom is -0.236 e. The second-order valence-electron chi connectivity index (χ2n) is 3.13. The van der Waals surface area contributed by atoms with Crippen LogP contribution in [-0.4, -0.2) is 4.98 Å². The molecule has 2 aromatic rings. The van der Waals surface area contributed by atoms with Gasteiger partial charge < -0.3 is 0 Å². The van der Waals surface area contributed by atoms with E-state index in [1.807, 2.05) is 0 Å². The molecule has 0 spiro atoms. The number of nitrogens with zero attached hydrogens (tertiary/aromatic N) is 1. The Kier molecular flexibility index (Phi) is 2.50. The Morgan fingerprint density at radius 3 is 2.38 bits per heavy atom. The fourth-order valence-corrected chi connectivity index (χ4v) is 1.52. The predicted molar refractivity (Wildman–Crippen MR) is 51.7 cm³/mol. The Labute approximate surface area is 92.7 Å². The van der Waals surface area contributed by atoms with E-state index in [4.69, 9.17) is 11.6 Å². The highest BCUT2D eigenvalue weighted by atomic mass is 35.5. The van der Waals surface area contributed by atoms with Gasteiger partial charge in [0, 0.05) is 5.39 Å². The van der Waals surface area contributed by atoms with Crippen LogP contribution in [0.2, 0.25) is 5.15 Å². The van der Waals surface area contributed by atoms with Crippen molar-refractivity contribution in [2.45, 2.75) is 6.18 Å². The monoisotopic (exact) mass is 249 g/mol. The summed E-state index contributed by atoms with van der Waals surface area (Å²) >= 11 is 5.54. The molecule has 0 atom stereocenters. The SMILES string of the molecule is Fc1c(C(F)(F)F)ccc2nc(Cl)ccc12. The molecule has 1 heterocycles. The minimum absolute atomic E-state index is 0.0954. The van der Waals surface area contributed by atoms with Gasteiger partial charge >= 0.3 is 6.18 Å². The van der Waals surface area contributed by atoms with Crippen molar-refractivity contribution in [1.82, 2.24) is 4.98 Å². The summed E-state index contributed by atoms with van der Waals surface area (Å²) in [6.45, 7) is 0. The van der Waals surface area contributed by atoms with Crippen molar-refractivity contribution < 1.29 is 17.6 Å². The highest BCUT2D eigenvalue weighted by molar-refractivity contribution is 6.29. The molecule has 0 aliphatic rings. The zero-order chi connectivity index (χ0) is 11.9. The number of fused-ring (bicyclic) bond motifs is 1. The molecule has 0 fully saturated rings. The predicted octanol–water partition coefficient (Wildman–Crippen LogP) is 4.05. The maximum absolute atomic E-state index is 13.5. The van der Waals surface area contributed by atoms with Crippen LogP contribution in [0, 0.1) is 5.82 Å². The first-order valence-corrected chi connectivity index (χ1v) is 4.59. The Balaban J connectivity index is 2.75. The average molecular weight is 250 g/mol. The largest absolute Gasteiger partial charge is 0.419 e. The number of rotatable bonds is 0. The standard InChI is InChI=1S/C10H4ClF4N/c11-8-4-1-5-7(16-8)3-2-6(9(5)12)10(13,14)15/h1-4H. The van der Waals surface area contributed by atoms with Gasteiger partial charge in [-0.05, 0) is 24.3 Å². The van der Waals surface area contributed by atoms with Crippen LogP contribution in [0.15, 0.2) is 24.3 Å². The molecule has 0 aliphatic heterocycles. The normalized spacial score (nSPS) is 12.1.